The van der Waals surface area contributed by atoms with Crippen molar-refractivity contribution in [2.75, 3.05) is 26.2 Å². The van der Waals surface area contributed by atoms with Gasteiger partial charge in [0.2, 0.25) is 0 Å². The molecule has 0 aromatic heterocycles. The van der Waals surface area contributed by atoms with Crippen LogP contribution in [0, 0.1) is 5.82 Å². The molecule has 0 unspecified atom stereocenters. The fourth-order valence-electron chi connectivity index (χ4n) is 2.47. The topological polar surface area (TPSA) is 35.5 Å². The quantitative estimate of drug-likeness (QED) is 0.755. The Labute approximate surface area is 145 Å². The highest BCUT2D eigenvalue weighted by Gasteiger charge is 2.26. The molecule has 2 N–H and O–H groups in total. The van der Waals surface area contributed by atoms with Crippen LogP contribution in [0.25, 0.3) is 0 Å². The number of hydrogen-bond donors (Lipinski definition) is 2. The molecular weight excluding hydrogens is 382 g/mol. The van der Waals surface area contributed by atoms with Crippen molar-refractivity contribution in [3.63, 3.8) is 0 Å². The molecule has 0 bridgehead atoms. The Morgan fingerprint density at radius 3 is 2.57 bits per heavy atom. The van der Waals surface area contributed by atoms with Gasteiger partial charge in [-0.05, 0) is 18.6 Å². The van der Waals surface area contributed by atoms with Gasteiger partial charge in [0.05, 0.1) is 0 Å². The van der Waals surface area contributed by atoms with Crippen LogP contribution in [0.4, 0.5) is 4.39 Å². The van der Waals surface area contributed by atoms with Crippen LogP contribution in [-0.2, 0) is 0 Å². The lowest BCUT2D eigenvalue weighted by Crippen LogP contribution is -2.45. The standard InChI is InChI=1S/C14H18BrFN2O.2ClH/c1-2-3-12(18-8-6-17-7-9-18)13-10(15)4-5-11(16)14(13)19;;/h2,4-5,12,17,19H,1,3,6-9H2;2*1H/t12-;;/m1../s1. The molecule has 1 saturated heterocycles. The van der Waals surface area contributed by atoms with Crippen molar-refractivity contribution in [3.8, 4) is 5.75 Å². The SMILES string of the molecule is C=CC[C@H](c1c(Br)ccc(F)c1O)N1CCNCC1.Cl.Cl. The van der Waals surface area contributed by atoms with Crippen LogP contribution in [0.3, 0.4) is 0 Å². The van der Waals surface area contributed by atoms with E-state index in [0.717, 1.165) is 30.7 Å². The molecule has 1 aliphatic heterocycles. The zero-order valence-corrected chi connectivity index (χ0v) is 14.7. The number of rotatable bonds is 4. The molecule has 120 valence electrons. The molecule has 0 saturated carbocycles. The van der Waals surface area contributed by atoms with Gasteiger partial charge in [-0.25, -0.2) is 4.39 Å². The van der Waals surface area contributed by atoms with Gasteiger partial charge in [-0.15, -0.1) is 31.4 Å². The van der Waals surface area contributed by atoms with Crippen LogP contribution in [-0.4, -0.2) is 36.2 Å². The summed E-state index contributed by atoms with van der Waals surface area (Å²) in [6.07, 6.45) is 2.49. The predicted molar refractivity (Wildman–Crippen MR) is 92.3 cm³/mol. The number of phenols is 1. The zero-order valence-electron chi connectivity index (χ0n) is 11.5. The second kappa shape index (κ2) is 9.64. The van der Waals surface area contributed by atoms with Crippen LogP contribution in [0.5, 0.6) is 5.75 Å². The summed E-state index contributed by atoms with van der Waals surface area (Å²) in [4.78, 5) is 2.25. The molecule has 0 amide bonds. The third kappa shape index (κ3) is 4.83. The van der Waals surface area contributed by atoms with Crippen molar-refractivity contribution in [1.29, 1.82) is 0 Å². The number of hydrogen-bond acceptors (Lipinski definition) is 3. The minimum atomic E-state index is -0.581. The van der Waals surface area contributed by atoms with E-state index in [1.807, 2.05) is 6.08 Å². The molecule has 1 heterocycles. The Bertz CT molecular complexity index is 471. The summed E-state index contributed by atoms with van der Waals surface area (Å²) in [5, 5.41) is 13.3. The maximum absolute atomic E-state index is 13.6. The molecule has 0 aliphatic carbocycles. The highest BCUT2D eigenvalue weighted by molar-refractivity contribution is 9.10. The minimum absolute atomic E-state index is 0. The average Bonchev–Trinajstić information content (AvgIpc) is 2.43. The molecule has 7 heteroatoms. The van der Waals surface area contributed by atoms with E-state index in [2.05, 4.69) is 32.7 Å². The second-order valence-electron chi connectivity index (χ2n) is 4.62. The lowest BCUT2D eigenvalue weighted by atomic mass is 10.00. The van der Waals surface area contributed by atoms with Crippen LogP contribution < -0.4 is 5.32 Å². The van der Waals surface area contributed by atoms with Crippen LogP contribution >= 0.6 is 40.7 Å². The summed E-state index contributed by atoms with van der Waals surface area (Å²) in [5.74, 6) is -0.845. The Hall–Kier alpha value is -0.330. The van der Waals surface area contributed by atoms with E-state index in [-0.39, 0.29) is 36.6 Å². The number of nitrogens with one attached hydrogen (secondary N) is 1. The molecule has 1 aliphatic rings. The summed E-state index contributed by atoms with van der Waals surface area (Å²) < 4.78 is 14.3. The fraction of sp³-hybridized carbons (Fsp3) is 0.429. The van der Waals surface area contributed by atoms with E-state index in [1.54, 1.807) is 6.07 Å². The van der Waals surface area contributed by atoms with Gasteiger partial charge >= 0.3 is 0 Å². The van der Waals surface area contributed by atoms with Crippen molar-refractivity contribution < 1.29 is 9.50 Å². The first-order valence-corrected chi connectivity index (χ1v) is 7.17. The van der Waals surface area contributed by atoms with E-state index in [1.165, 1.54) is 6.07 Å². The summed E-state index contributed by atoms with van der Waals surface area (Å²) >= 11 is 3.42. The Kier molecular flexibility index (Phi) is 9.49. The van der Waals surface area contributed by atoms with Crippen LogP contribution in [0.15, 0.2) is 29.3 Å². The van der Waals surface area contributed by atoms with Gasteiger partial charge in [-0.3, -0.25) is 4.90 Å². The fourth-order valence-corrected chi connectivity index (χ4v) is 3.06. The van der Waals surface area contributed by atoms with Crippen molar-refractivity contribution in [2.24, 2.45) is 0 Å². The first-order valence-electron chi connectivity index (χ1n) is 6.37. The van der Waals surface area contributed by atoms with Crippen LogP contribution in [0.1, 0.15) is 18.0 Å². The number of benzene rings is 1. The monoisotopic (exact) mass is 400 g/mol. The Morgan fingerprint density at radius 2 is 2.00 bits per heavy atom. The first kappa shape index (κ1) is 20.7. The van der Waals surface area contributed by atoms with Gasteiger partial charge in [-0.2, -0.15) is 0 Å². The van der Waals surface area contributed by atoms with Crippen molar-refractivity contribution >= 4 is 40.7 Å². The smallest absolute Gasteiger partial charge is 0.165 e. The molecule has 0 spiro atoms. The van der Waals surface area contributed by atoms with Crippen molar-refractivity contribution in [3.05, 3.63) is 40.6 Å². The lowest BCUT2D eigenvalue weighted by molar-refractivity contribution is 0.170. The number of phenolic OH excluding ortho intramolecular Hbond substituents is 1. The Morgan fingerprint density at radius 1 is 1.38 bits per heavy atom. The summed E-state index contributed by atoms with van der Waals surface area (Å²) in [7, 11) is 0. The normalized spacial score (nSPS) is 16.5. The first-order chi connectivity index (χ1) is 9.15. The third-order valence-corrected chi connectivity index (χ3v) is 4.12. The summed E-state index contributed by atoms with van der Waals surface area (Å²) in [6, 6.07) is 2.86. The van der Waals surface area contributed by atoms with Crippen LogP contribution in [0.2, 0.25) is 0 Å². The molecule has 1 aromatic carbocycles. The van der Waals surface area contributed by atoms with Gasteiger partial charge in [0.25, 0.3) is 0 Å². The molecule has 1 aromatic rings. The van der Waals surface area contributed by atoms with E-state index < -0.39 is 5.82 Å². The highest BCUT2D eigenvalue weighted by atomic mass is 79.9. The second-order valence-corrected chi connectivity index (χ2v) is 5.47. The van der Waals surface area contributed by atoms with Crippen molar-refractivity contribution in [1.82, 2.24) is 10.2 Å². The molecule has 1 atom stereocenters. The lowest BCUT2D eigenvalue weighted by Gasteiger charge is -2.35. The highest BCUT2D eigenvalue weighted by Crippen LogP contribution is 2.38. The molecular formula is C14H20BrCl2FN2O. The minimum Gasteiger partial charge on any atom is -0.505 e. The van der Waals surface area contributed by atoms with Gasteiger partial charge in [-0.1, -0.05) is 22.0 Å². The number of nitrogens with zero attached hydrogens (tertiary/aromatic N) is 1. The van der Waals surface area contributed by atoms with Crippen molar-refractivity contribution in [2.45, 2.75) is 12.5 Å². The Balaban J connectivity index is 0.00000200. The molecule has 0 radical (unpaired) electrons. The van der Waals surface area contributed by atoms with E-state index in [9.17, 15) is 9.50 Å². The van der Waals surface area contributed by atoms with E-state index >= 15 is 0 Å². The third-order valence-electron chi connectivity index (χ3n) is 3.43. The number of halogens is 4. The molecule has 1 fully saturated rings. The maximum atomic E-state index is 13.6. The predicted octanol–water partition coefficient (Wildman–Crippen LogP) is 3.66. The van der Waals surface area contributed by atoms with Gasteiger partial charge in [0.1, 0.15) is 0 Å². The zero-order chi connectivity index (χ0) is 13.8. The molecule has 2 rings (SSSR count). The summed E-state index contributed by atoms with van der Waals surface area (Å²) in [5.41, 5.74) is 0.613. The number of piperazine rings is 1. The van der Waals surface area contributed by atoms with Gasteiger partial charge < -0.3 is 10.4 Å². The van der Waals surface area contributed by atoms with E-state index in [4.69, 9.17) is 0 Å². The molecule has 21 heavy (non-hydrogen) atoms. The largest absolute Gasteiger partial charge is 0.505 e. The van der Waals surface area contributed by atoms with Gasteiger partial charge in [0, 0.05) is 42.3 Å². The number of aromatic hydroxyl groups is 1. The molecule has 3 nitrogen and oxygen atoms in total. The summed E-state index contributed by atoms with van der Waals surface area (Å²) in [6.45, 7) is 7.33. The van der Waals surface area contributed by atoms with E-state index in [0.29, 0.717) is 12.0 Å². The van der Waals surface area contributed by atoms with Gasteiger partial charge in [0.15, 0.2) is 11.6 Å². The average molecular weight is 402 g/mol. The maximum Gasteiger partial charge on any atom is 0.165 e.